The molecule has 4 aliphatic rings. The number of hydrogen-bond donors (Lipinski definition) is 3. The van der Waals surface area contributed by atoms with E-state index in [9.17, 15) is 24.0 Å². The molecule has 5 amide bonds. The average molecular weight is 830 g/mol. The van der Waals surface area contributed by atoms with Gasteiger partial charge < -0.3 is 25.8 Å². The van der Waals surface area contributed by atoms with E-state index in [-0.39, 0.29) is 66.5 Å². The Bertz CT molecular complexity index is 1850. The summed E-state index contributed by atoms with van der Waals surface area (Å²) in [7, 11) is 0. The maximum Gasteiger partial charge on any atom is 0.253 e. The van der Waals surface area contributed by atoms with E-state index in [2.05, 4.69) is 47.1 Å². The maximum absolute atomic E-state index is 13.9. The van der Waals surface area contributed by atoms with Crippen LogP contribution in [0.3, 0.4) is 0 Å². The molecule has 2 aliphatic heterocycles. The predicted molar refractivity (Wildman–Crippen MR) is 238 cm³/mol. The third-order valence-electron chi connectivity index (χ3n) is 13.4. The highest BCUT2D eigenvalue weighted by Gasteiger charge is 2.49. The normalized spacial score (nSPS) is 24.1. The van der Waals surface area contributed by atoms with Gasteiger partial charge in [0, 0.05) is 62.1 Å². The molecule has 2 aliphatic carbocycles. The lowest BCUT2D eigenvalue weighted by molar-refractivity contribution is -0.133. The van der Waals surface area contributed by atoms with Gasteiger partial charge in [-0.25, -0.2) is 0 Å². The fourth-order valence-corrected chi connectivity index (χ4v) is 9.51. The summed E-state index contributed by atoms with van der Waals surface area (Å²) in [6.07, 6.45) is 17.7. The first-order valence-electron chi connectivity index (χ1n) is 23.5. The van der Waals surface area contributed by atoms with Crippen molar-refractivity contribution in [3.05, 3.63) is 107 Å². The van der Waals surface area contributed by atoms with E-state index < -0.39 is 17.9 Å². The van der Waals surface area contributed by atoms with Gasteiger partial charge in [0.15, 0.2) is 0 Å². The van der Waals surface area contributed by atoms with E-state index in [0.717, 1.165) is 37.7 Å². The van der Waals surface area contributed by atoms with Crippen LogP contribution < -0.4 is 16.0 Å². The molecule has 2 saturated heterocycles. The molecule has 10 heteroatoms. The molecule has 10 nitrogen and oxygen atoms in total. The minimum atomic E-state index is -0.659. The number of unbranched alkanes of at least 4 members (excludes halogenated alkanes) is 11. The summed E-state index contributed by atoms with van der Waals surface area (Å²) in [5, 5.41) is 9.38. The minimum Gasteiger partial charge on any atom is -0.352 e. The Morgan fingerprint density at radius 1 is 0.607 bits per heavy atom. The van der Waals surface area contributed by atoms with E-state index in [1.54, 1.807) is 21.9 Å². The first-order chi connectivity index (χ1) is 29.8. The number of nitrogens with zero attached hydrogens (tertiary/aromatic N) is 2. The summed E-state index contributed by atoms with van der Waals surface area (Å²) in [4.78, 5) is 71.0. The first kappa shape index (κ1) is 44.1. The van der Waals surface area contributed by atoms with Gasteiger partial charge in [-0.05, 0) is 54.5 Å². The zero-order chi connectivity index (χ0) is 42.6. The zero-order valence-electron chi connectivity index (χ0n) is 36.2. The Kier molecular flexibility index (Phi) is 15.7. The summed E-state index contributed by atoms with van der Waals surface area (Å²) < 4.78 is 0. The topological polar surface area (TPSA) is 128 Å². The van der Waals surface area contributed by atoms with Crippen LogP contribution in [0.15, 0.2) is 84.9 Å². The number of benzene rings is 3. The molecule has 3 N–H and O–H groups in total. The molecule has 7 atom stereocenters. The third kappa shape index (κ3) is 12.3. The molecule has 0 radical (unpaired) electrons. The van der Waals surface area contributed by atoms with Gasteiger partial charge in [-0.15, -0.1) is 0 Å². The lowest BCUT2D eigenvalue weighted by Crippen LogP contribution is -2.43. The molecule has 61 heavy (non-hydrogen) atoms. The van der Waals surface area contributed by atoms with Crippen molar-refractivity contribution in [2.45, 2.75) is 146 Å². The van der Waals surface area contributed by atoms with Crippen molar-refractivity contribution in [3.8, 4) is 0 Å². The Labute approximate surface area is 363 Å². The van der Waals surface area contributed by atoms with Gasteiger partial charge >= 0.3 is 0 Å². The van der Waals surface area contributed by atoms with Gasteiger partial charge in [-0.1, -0.05) is 150 Å². The summed E-state index contributed by atoms with van der Waals surface area (Å²) in [5.74, 6) is -1.53. The predicted octanol–water partition coefficient (Wildman–Crippen LogP) is 8.03. The summed E-state index contributed by atoms with van der Waals surface area (Å²) in [6, 6.07) is 27.1. The van der Waals surface area contributed by atoms with Crippen molar-refractivity contribution in [1.82, 2.24) is 25.8 Å². The average Bonchev–Trinajstić information content (AvgIpc) is 4.15. The number of nitrogens with one attached hydrogen (secondary N) is 3. The van der Waals surface area contributed by atoms with Crippen LogP contribution in [0.5, 0.6) is 0 Å². The van der Waals surface area contributed by atoms with Gasteiger partial charge in [0.2, 0.25) is 23.6 Å². The van der Waals surface area contributed by atoms with Gasteiger partial charge in [-0.3, -0.25) is 24.0 Å². The van der Waals surface area contributed by atoms with Gasteiger partial charge in [0.25, 0.3) is 5.91 Å². The molecule has 0 unspecified atom stereocenters. The van der Waals surface area contributed by atoms with E-state index in [1.807, 2.05) is 48.5 Å². The SMILES string of the molecule is CCCCCCCCCCCCCCC(=O)N[C@@H]1CCN(Cc2ccc(C(=O)N3C[C@@H](C(=O)N[C@H]4C[C@@H]4c4ccccc4)[C@H](C(=O)N[C@H]4C[C@@H]4c4ccccc4)C3)cc2)C1=O. The second-order valence-corrected chi connectivity index (χ2v) is 18.2. The molecule has 0 bridgehead atoms. The second-order valence-electron chi connectivity index (χ2n) is 18.2. The van der Waals surface area contributed by atoms with Crippen LogP contribution in [0, 0.1) is 11.8 Å². The monoisotopic (exact) mass is 830 g/mol. The fourth-order valence-electron chi connectivity index (χ4n) is 9.51. The van der Waals surface area contributed by atoms with Crippen molar-refractivity contribution in [2.24, 2.45) is 11.8 Å². The van der Waals surface area contributed by atoms with Crippen LogP contribution in [-0.4, -0.2) is 77.1 Å². The molecule has 4 fully saturated rings. The molecule has 2 saturated carbocycles. The van der Waals surface area contributed by atoms with Gasteiger partial charge in [-0.2, -0.15) is 0 Å². The van der Waals surface area contributed by atoms with Crippen molar-refractivity contribution < 1.29 is 24.0 Å². The highest BCUT2D eigenvalue weighted by Crippen LogP contribution is 2.42. The number of amides is 5. The standard InChI is InChI=1S/C51H67N5O5/c1-2-3-4-5-6-7-8-9-10-11-12-19-24-47(57)52-44-29-30-55(51(44)61)33-36-25-27-39(28-26-36)50(60)56-34-42(48(58)53-45-31-40(45)37-20-15-13-16-21-37)43(35-56)49(59)54-46-32-41(46)38-22-17-14-18-23-38/h13-18,20-23,25-28,40-46H,2-12,19,24,29-35H2,1H3,(H,52,57)(H,53,58)(H,54,59)/t40-,41-,42-,43-,44-,45+,46+/m1/s1. The van der Waals surface area contributed by atoms with E-state index in [1.165, 1.54) is 68.9 Å². The first-order valence-corrected chi connectivity index (χ1v) is 23.5. The van der Waals surface area contributed by atoms with Gasteiger partial charge in [0.1, 0.15) is 6.04 Å². The second kappa shape index (κ2) is 21.7. The van der Waals surface area contributed by atoms with Crippen LogP contribution in [0.4, 0.5) is 0 Å². The lowest BCUT2D eigenvalue weighted by Gasteiger charge is -2.19. The van der Waals surface area contributed by atoms with Crippen molar-refractivity contribution in [2.75, 3.05) is 19.6 Å². The Hall–Kier alpha value is -4.99. The Morgan fingerprint density at radius 3 is 1.61 bits per heavy atom. The number of carbonyl (C=O) groups excluding carboxylic acids is 5. The largest absolute Gasteiger partial charge is 0.352 e. The molecule has 0 spiro atoms. The van der Waals surface area contributed by atoms with Crippen molar-refractivity contribution >= 4 is 29.5 Å². The number of hydrogen-bond acceptors (Lipinski definition) is 5. The third-order valence-corrected chi connectivity index (χ3v) is 13.4. The summed E-state index contributed by atoms with van der Waals surface area (Å²) in [5.41, 5.74) is 3.74. The molecule has 2 heterocycles. The van der Waals surface area contributed by atoms with Crippen molar-refractivity contribution in [1.29, 1.82) is 0 Å². The number of carbonyl (C=O) groups is 5. The lowest BCUT2D eigenvalue weighted by atomic mass is 9.94. The van der Waals surface area contributed by atoms with E-state index >= 15 is 0 Å². The van der Waals surface area contributed by atoms with Crippen molar-refractivity contribution in [3.63, 3.8) is 0 Å². The van der Waals surface area contributed by atoms with Crippen LogP contribution >= 0.6 is 0 Å². The molecular formula is C51H67N5O5. The van der Waals surface area contributed by atoms with Crippen LogP contribution in [0.1, 0.15) is 149 Å². The zero-order valence-corrected chi connectivity index (χ0v) is 36.2. The van der Waals surface area contributed by atoms with Crippen LogP contribution in [0.2, 0.25) is 0 Å². The molecule has 3 aromatic rings. The molecule has 3 aromatic carbocycles. The number of rotatable bonds is 23. The van der Waals surface area contributed by atoms with Crippen LogP contribution in [0.25, 0.3) is 0 Å². The van der Waals surface area contributed by atoms with Crippen LogP contribution in [-0.2, 0) is 25.7 Å². The quantitative estimate of drug-likeness (QED) is 0.0835. The smallest absolute Gasteiger partial charge is 0.253 e. The number of likely N-dealkylation sites (tertiary alicyclic amines) is 2. The molecular weight excluding hydrogens is 763 g/mol. The highest BCUT2D eigenvalue weighted by molar-refractivity contribution is 5.97. The van der Waals surface area contributed by atoms with E-state index in [0.29, 0.717) is 31.5 Å². The fraction of sp³-hybridized carbons (Fsp3) is 0.549. The Morgan fingerprint density at radius 2 is 1.10 bits per heavy atom. The summed E-state index contributed by atoms with van der Waals surface area (Å²) >= 11 is 0. The maximum atomic E-state index is 13.9. The van der Waals surface area contributed by atoms with E-state index in [4.69, 9.17) is 0 Å². The molecule has 326 valence electrons. The molecule has 0 aromatic heterocycles. The summed E-state index contributed by atoms with van der Waals surface area (Å²) in [6.45, 7) is 3.53. The molecule has 7 rings (SSSR count). The van der Waals surface area contributed by atoms with Gasteiger partial charge in [0.05, 0.1) is 11.8 Å². The minimum absolute atomic E-state index is 0.0138. The highest BCUT2D eigenvalue weighted by atomic mass is 16.2. The Balaban J connectivity index is 0.859.